The second-order valence-electron chi connectivity index (χ2n) is 4.54. The highest BCUT2D eigenvalue weighted by Gasteiger charge is 2.17. The molecule has 0 fully saturated rings. The predicted molar refractivity (Wildman–Crippen MR) is 76.0 cm³/mol. The summed E-state index contributed by atoms with van der Waals surface area (Å²) in [6.45, 7) is 3.83. The van der Waals surface area contributed by atoms with Gasteiger partial charge in [0.1, 0.15) is 0 Å². The molecule has 7 nitrogen and oxygen atoms in total. The molecule has 1 aromatic carbocycles. The molecule has 21 heavy (non-hydrogen) atoms. The number of nitro groups is 1. The van der Waals surface area contributed by atoms with Crippen LogP contribution in [0.1, 0.15) is 29.3 Å². The molecule has 0 aliphatic carbocycles. The Balaban J connectivity index is 2.72. The minimum Gasteiger partial charge on any atom is -0.466 e. The highest BCUT2D eigenvalue weighted by molar-refractivity contribution is 5.94. The minimum absolute atomic E-state index is 0.0271. The van der Waals surface area contributed by atoms with Crippen LogP contribution < -0.4 is 0 Å². The normalized spacial score (nSPS) is 10.0. The molecule has 0 atom stereocenters. The summed E-state index contributed by atoms with van der Waals surface area (Å²) in [5.41, 5.74) is 0.745. The third-order valence-electron chi connectivity index (χ3n) is 2.94. The van der Waals surface area contributed by atoms with Gasteiger partial charge < -0.3 is 9.64 Å². The van der Waals surface area contributed by atoms with Crippen molar-refractivity contribution in [2.45, 2.75) is 20.3 Å². The largest absolute Gasteiger partial charge is 0.466 e. The topological polar surface area (TPSA) is 89.8 Å². The second kappa shape index (κ2) is 7.37. The van der Waals surface area contributed by atoms with Crippen LogP contribution >= 0.6 is 0 Å². The Morgan fingerprint density at radius 2 is 2.05 bits per heavy atom. The van der Waals surface area contributed by atoms with Gasteiger partial charge in [-0.15, -0.1) is 0 Å². The predicted octanol–water partition coefficient (Wildman–Crippen LogP) is 1.93. The van der Waals surface area contributed by atoms with Crippen molar-refractivity contribution in [3.63, 3.8) is 0 Å². The van der Waals surface area contributed by atoms with Gasteiger partial charge >= 0.3 is 5.97 Å². The highest BCUT2D eigenvalue weighted by Crippen LogP contribution is 2.19. The van der Waals surface area contributed by atoms with Gasteiger partial charge in [-0.2, -0.15) is 0 Å². The molecule has 0 bridgehead atoms. The maximum absolute atomic E-state index is 12.2. The van der Waals surface area contributed by atoms with E-state index in [0.29, 0.717) is 17.7 Å². The van der Waals surface area contributed by atoms with Crippen molar-refractivity contribution >= 4 is 17.6 Å². The van der Waals surface area contributed by atoms with Crippen molar-refractivity contribution in [2.24, 2.45) is 0 Å². The number of esters is 1. The van der Waals surface area contributed by atoms with Crippen molar-refractivity contribution < 1.29 is 19.2 Å². The van der Waals surface area contributed by atoms with Gasteiger partial charge in [-0.3, -0.25) is 19.7 Å². The molecular formula is C14H18N2O5. The zero-order valence-electron chi connectivity index (χ0n) is 12.3. The Morgan fingerprint density at radius 1 is 1.38 bits per heavy atom. The molecule has 7 heteroatoms. The van der Waals surface area contributed by atoms with Crippen LogP contribution in [0.5, 0.6) is 0 Å². The maximum atomic E-state index is 12.2. The smallest absolute Gasteiger partial charge is 0.307 e. The molecule has 1 amide bonds. The number of hydrogen-bond acceptors (Lipinski definition) is 5. The fraction of sp³-hybridized carbons (Fsp3) is 0.429. The number of aryl methyl sites for hydroxylation is 1. The van der Waals surface area contributed by atoms with E-state index in [4.69, 9.17) is 4.74 Å². The van der Waals surface area contributed by atoms with Gasteiger partial charge in [-0.25, -0.2) is 0 Å². The summed E-state index contributed by atoms with van der Waals surface area (Å²) in [5.74, 6) is -0.658. The molecule has 0 aliphatic heterocycles. The number of nitrogens with zero attached hydrogens (tertiary/aromatic N) is 2. The van der Waals surface area contributed by atoms with Gasteiger partial charge in [-0.05, 0) is 26.0 Å². The minimum atomic E-state index is -0.492. The molecule has 1 aromatic rings. The Hall–Kier alpha value is -2.44. The van der Waals surface area contributed by atoms with E-state index in [1.54, 1.807) is 20.9 Å². The molecule has 0 saturated carbocycles. The average molecular weight is 294 g/mol. The first-order valence-electron chi connectivity index (χ1n) is 6.53. The van der Waals surface area contributed by atoms with Crippen LogP contribution in [0.15, 0.2) is 18.2 Å². The molecule has 0 aliphatic rings. The quantitative estimate of drug-likeness (QED) is 0.454. The van der Waals surface area contributed by atoms with Crippen LogP contribution in [0.4, 0.5) is 5.69 Å². The van der Waals surface area contributed by atoms with Crippen LogP contribution in [-0.2, 0) is 9.53 Å². The molecule has 0 aromatic heterocycles. The third kappa shape index (κ3) is 4.55. The lowest BCUT2D eigenvalue weighted by atomic mass is 10.1. The fourth-order valence-electron chi connectivity index (χ4n) is 1.81. The zero-order valence-corrected chi connectivity index (χ0v) is 12.3. The number of rotatable bonds is 6. The van der Waals surface area contributed by atoms with E-state index in [2.05, 4.69) is 0 Å². The van der Waals surface area contributed by atoms with Crippen molar-refractivity contribution in [1.82, 2.24) is 4.90 Å². The summed E-state index contributed by atoms with van der Waals surface area (Å²) < 4.78 is 4.79. The Morgan fingerprint density at radius 3 is 2.57 bits per heavy atom. The van der Waals surface area contributed by atoms with E-state index in [0.717, 1.165) is 0 Å². The zero-order chi connectivity index (χ0) is 16.0. The number of benzene rings is 1. The first-order chi connectivity index (χ1) is 9.86. The second-order valence-corrected chi connectivity index (χ2v) is 4.54. The van der Waals surface area contributed by atoms with Gasteiger partial charge in [0.2, 0.25) is 0 Å². The van der Waals surface area contributed by atoms with E-state index in [1.807, 2.05) is 0 Å². The van der Waals surface area contributed by atoms with Gasteiger partial charge in [0.25, 0.3) is 11.6 Å². The summed E-state index contributed by atoms with van der Waals surface area (Å²) in [6.07, 6.45) is 0.113. The average Bonchev–Trinajstić information content (AvgIpc) is 2.43. The molecule has 0 N–H and O–H groups in total. The van der Waals surface area contributed by atoms with Crippen molar-refractivity contribution in [3.05, 3.63) is 39.4 Å². The van der Waals surface area contributed by atoms with Crippen LogP contribution in [0.2, 0.25) is 0 Å². The van der Waals surface area contributed by atoms with Gasteiger partial charge in [0.15, 0.2) is 0 Å². The number of carbonyl (C=O) groups excluding carboxylic acids is 2. The van der Waals surface area contributed by atoms with Crippen LogP contribution in [0, 0.1) is 17.0 Å². The summed E-state index contributed by atoms with van der Waals surface area (Å²) in [4.78, 5) is 35.0. The Labute approximate surface area is 122 Å². The van der Waals surface area contributed by atoms with Crippen molar-refractivity contribution in [3.8, 4) is 0 Å². The molecule has 0 radical (unpaired) electrons. The molecule has 114 valence electrons. The first-order valence-corrected chi connectivity index (χ1v) is 6.53. The van der Waals surface area contributed by atoms with Crippen LogP contribution in [0.25, 0.3) is 0 Å². The lowest BCUT2D eigenvalue weighted by molar-refractivity contribution is -0.385. The standard InChI is InChI=1S/C14H18N2O5/c1-4-21-13(17)7-8-15(3)14(18)11-5-6-12(16(19)20)10(2)9-11/h5-6,9H,4,7-8H2,1-3H3. The number of nitro benzene ring substituents is 1. The third-order valence-corrected chi connectivity index (χ3v) is 2.94. The van der Waals surface area contributed by atoms with E-state index < -0.39 is 4.92 Å². The van der Waals surface area contributed by atoms with Crippen molar-refractivity contribution in [2.75, 3.05) is 20.2 Å². The Bertz CT molecular complexity index is 556. The molecule has 0 saturated heterocycles. The molecular weight excluding hydrogens is 276 g/mol. The summed E-state index contributed by atoms with van der Waals surface area (Å²) in [7, 11) is 1.57. The maximum Gasteiger partial charge on any atom is 0.307 e. The fourth-order valence-corrected chi connectivity index (χ4v) is 1.81. The van der Waals surface area contributed by atoms with Gasteiger partial charge in [0.05, 0.1) is 18.0 Å². The van der Waals surface area contributed by atoms with Gasteiger partial charge in [0, 0.05) is 30.8 Å². The van der Waals surface area contributed by atoms with Crippen LogP contribution in [0.3, 0.4) is 0 Å². The SMILES string of the molecule is CCOC(=O)CCN(C)C(=O)c1ccc([N+](=O)[O-])c(C)c1. The summed E-state index contributed by atoms with van der Waals surface area (Å²) in [5, 5.41) is 10.7. The van der Waals surface area contributed by atoms with E-state index >= 15 is 0 Å². The number of hydrogen-bond donors (Lipinski definition) is 0. The first kappa shape index (κ1) is 16.6. The van der Waals surface area contributed by atoms with E-state index in [9.17, 15) is 19.7 Å². The number of amides is 1. The van der Waals surface area contributed by atoms with Gasteiger partial charge in [-0.1, -0.05) is 0 Å². The molecule has 0 unspecified atom stereocenters. The summed E-state index contributed by atoms with van der Waals surface area (Å²) >= 11 is 0. The number of carbonyl (C=O) groups is 2. The molecule has 0 spiro atoms. The van der Waals surface area contributed by atoms with E-state index in [-0.39, 0.29) is 30.5 Å². The lowest BCUT2D eigenvalue weighted by Gasteiger charge is -2.16. The highest BCUT2D eigenvalue weighted by atomic mass is 16.6. The lowest BCUT2D eigenvalue weighted by Crippen LogP contribution is -2.29. The van der Waals surface area contributed by atoms with Crippen LogP contribution in [-0.4, -0.2) is 41.9 Å². The number of ether oxygens (including phenoxy) is 1. The summed E-state index contributed by atoms with van der Waals surface area (Å²) in [6, 6.07) is 4.19. The van der Waals surface area contributed by atoms with Crippen molar-refractivity contribution in [1.29, 1.82) is 0 Å². The van der Waals surface area contributed by atoms with E-state index in [1.165, 1.54) is 23.1 Å². The molecule has 1 rings (SSSR count). The monoisotopic (exact) mass is 294 g/mol. The molecule has 0 heterocycles. The Kier molecular flexibility index (Phi) is 5.83.